The standard InChI is InChI=1S/C44H39BrO7/c1-47-38-19-15-36(16-20-38)44(35-12-5-4-6-13-35,37-17-21-39(48-2)22-18-37)52-29-32-10-8-14-40(26-32)51-30-34-27-41(23-24-42(34)45)50-28-31-9-7-11-33(25-31)43(46)49-3/h4-27H,28-30H2,1-3H3. The summed E-state index contributed by atoms with van der Waals surface area (Å²) in [7, 11) is 4.69. The molecule has 0 amide bonds. The van der Waals surface area contributed by atoms with Gasteiger partial charge < -0.3 is 28.4 Å². The minimum atomic E-state index is -0.942. The molecule has 6 aromatic carbocycles. The van der Waals surface area contributed by atoms with E-state index in [-0.39, 0.29) is 5.97 Å². The Kier molecular flexibility index (Phi) is 11.9. The molecular weight excluding hydrogens is 720 g/mol. The first kappa shape index (κ1) is 36.2. The zero-order chi connectivity index (χ0) is 36.3. The SMILES string of the molecule is COC(=O)c1cccc(COc2ccc(Br)c(COc3cccc(COC(c4ccccc4)(c4ccc(OC)cc4)c4ccc(OC)cc4)c3)c2)c1. The van der Waals surface area contributed by atoms with Gasteiger partial charge in [-0.3, -0.25) is 0 Å². The molecule has 0 unspecified atom stereocenters. The van der Waals surface area contributed by atoms with Crippen molar-refractivity contribution < 1.29 is 33.2 Å². The zero-order valence-electron chi connectivity index (χ0n) is 29.2. The second kappa shape index (κ2) is 17.1. The minimum absolute atomic E-state index is 0.298. The molecular formula is C44H39BrO7. The molecule has 0 aliphatic heterocycles. The number of ether oxygens (including phenoxy) is 6. The fourth-order valence-electron chi connectivity index (χ4n) is 5.98. The van der Waals surface area contributed by atoms with Crippen LogP contribution in [0.4, 0.5) is 0 Å². The van der Waals surface area contributed by atoms with Crippen molar-refractivity contribution in [3.63, 3.8) is 0 Å². The van der Waals surface area contributed by atoms with Crippen LogP contribution in [0, 0.1) is 0 Å². The molecule has 0 heterocycles. The highest BCUT2D eigenvalue weighted by molar-refractivity contribution is 9.10. The van der Waals surface area contributed by atoms with Crippen LogP contribution in [-0.2, 0) is 34.9 Å². The Bertz CT molecular complexity index is 2030. The number of hydrogen-bond donors (Lipinski definition) is 0. The second-order valence-electron chi connectivity index (χ2n) is 12.0. The summed E-state index contributed by atoms with van der Waals surface area (Å²) in [5, 5.41) is 0. The molecule has 0 atom stereocenters. The van der Waals surface area contributed by atoms with Crippen LogP contribution in [0.2, 0.25) is 0 Å². The van der Waals surface area contributed by atoms with Crippen molar-refractivity contribution in [2.75, 3.05) is 21.3 Å². The lowest BCUT2D eigenvalue weighted by atomic mass is 9.80. The number of carbonyl (C=O) groups excluding carboxylic acids is 1. The molecule has 0 saturated carbocycles. The summed E-state index contributed by atoms with van der Waals surface area (Å²) >= 11 is 3.66. The summed E-state index contributed by atoms with van der Waals surface area (Å²) in [5.74, 6) is 2.53. The Morgan fingerprint density at radius 1 is 0.538 bits per heavy atom. The van der Waals surface area contributed by atoms with E-state index < -0.39 is 5.60 Å². The molecule has 0 N–H and O–H groups in total. The summed E-state index contributed by atoms with van der Waals surface area (Å²) in [6.45, 7) is 0.909. The van der Waals surface area contributed by atoms with Crippen molar-refractivity contribution in [1.29, 1.82) is 0 Å². The smallest absolute Gasteiger partial charge is 0.337 e. The Hall–Kier alpha value is -5.57. The van der Waals surface area contributed by atoms with Gasteiger partial charge in [0.15, 0.2) is 0 Å². The number of benzene rings is 6. The number of carbonyl (C=O) groups is 1. The highest BCUT2D eigenvalue weighted by Crippen LogP contribution is 2.42. The van der Waals surface area contributed by atoms with Crippen LogP contribution in [0.1, 0.15) is 43.7 Å². The van der Waals surface area contributed by atoms with Crippen molar-refractivity contribution in [2.24, 2.45) is 0 Å². The number of halogens is 1. The van der Waals surface area contributed by atoms with Crippen molar-refractivity contribution in [3.8, 4) is 23.0 Å². The summed E-state index contributed by atoms with van der Waals surface area (Å²) < 4.78 is 36.2. The molecule has 0 spiro atoms. The molecule has 7 nitrogen and oxygen atoms in total. The van der Waals surface area contributed by atoms with Crippen LogP contribution in [0.3, 0.4) is 0 Å². The third kappa shape index (κ3) is 8.48. The average molecular weight is 760 g/mol. The largest absolute Gasteiger partial charge is 0.497 e. The van der Waals surface area contributed by atoms with Crippen molar-refractivity contribution in [1.82, 2.24) is 0 Å². The van der Waals surface area contributed by atoms with Crippen LogP contribution in [0.5, 0.6) is 23.0 Å². The van der Waals surface area contributed by atoms with E-state index in [0.29, 0.717) is 36.9 Å². The summed E-state index contributed by atoms with van der Waals surface area (Å²) in [5.41, 5.74) is 5.17. The highest BCUT2D eigenvalue weighted by Gasteiger charge is 2.38. The van der Waals surface area contributed by atoms with Gasteiger partial charge in [0.25, 0.3) is 0 Å². The van der Waals surface area contributed by atoms with E-state index in [1.807, 2.05) is 121 Å². The monoisotopic (exact) mass is 758 g/mol. The van der Waals surface area contributed by atoms with Gasteiger partial charge in [0.2, 0.25) is 0 Å². The van der Waals surface area contributed by atoms with Crippen LogP contribution >= 0.6 is 15.9 Å². The Morgan fingerprint density at radius 2 is 1.10 bits per heavy atom. The third-order valence-electron chi connectivity index (χ3n) is 8.69. The van der Waals surface area contributed by atoms with E-state index in [1.165, 1.54) is 7.11 Å². The van der Waals surface area contributed by atoms with Gasteiger partial charge in [0.1, 0.15) is 41.8 Å². The molecule has 6 aromatic rings. The second-order valence-corrected chi connectivity index (χ2v) is 12.8. The molecule has 0 aliphatic carbocycles. The van der Waals surface area contributed by atoms with E-state index in [0.717, 1.165) is 49.4 Å². The lowest BCUT2D eigenvalue weighted by molar-refractivity contribution is 0.000105. The first-order valence-electron chi connectivity index (χ1n) is 16.7. The quantitative estimate of drug-likeness (QED) is 0.0763. The summed E-state index contributed by atoms with van der Waals surface area (Å²) in [6.07, 6.45) is 0. The van der Waals surface area contributed by atoms with E-state index in [2.05, 4.69) is 28.1 Å². The predicted molar refractivity (Wildman–Crippen MR) is 204 cm³/mol. The van der Waals surface area contributed by atoms with E-state index in [9.17, 15) is 4.79 Å². The number of rotatable bonds is 15. The lowest BCUT2D eigenvalue weighted by Gasteiger charge is -2.36. The van der Waals surface area contributed by atoms with Crippen molar-refractivity contribution in [2.45, 2.75) is 25.4 Å². The first-order valence-corrected chi connectivity index (χ1v) is 17.5. The van der Waals surface area contributed by atoms with E-state index in [1.54, 1.807) is 26.4 Å². The molecule has 264 valence electrons. The Labute approximate surface area is 312 Å². The highest BCUT2D eigenvalue weighted by atomic mass is 79.9. The van der Waals surface area contributed by atoms with Gasteiger partial charge >= 0.3 is 5.97 Å². The van der Waals surface area contributed by atoms with Gasteiger partial charge in [-0.1, -0.05) is 94.8 Å². The normalized spacial score (nSPS) is 11.1. The fraction of sp³-hybridized carbons (Fsp3) is 0.159. The molecule has 0 saturated heterocycles. The molecule has 8 heteroatoms. The molecule has 0 bridgehead atoms. The number of hydrogen-bond acceptors (Lipinski definition) is 7. The van der Waals surface area contributed by atoms with Crippen LogP contribution in [0.15, 0.2) is 150 Å². The summed E-state index contributed by atoms with van der Waals surface area (Å²) in [6, 6.07) is 47.1. The maximum atomic E-state index is 11.9. The van der Waals surface area contributed by atoms with Crippen molar-refractivity contribution in [3.05, 3.63) is 189 Å². The maximum absolute atomic E-state index is 11.9. The van der Waals surface area contributed by atoms with Gasteiger partial charge in [-0.2, -0.15) is 0 Å². The van der Waals surface area contributed by atoms with Crippen molar-refractivity contribution >= 4 is 21.9 Å². The molecule has 52 heavy (non-hydrogen) atoms. The van der Waals surface area contributed by atoms with Gasteiger partial charge in [0.05, 0.1) is 33.5 Å². The molecule has 6 rings (SSSR count). The summed E-state index contributed by atoms with van der Waals surface area (Å²) in [4.78, 5) is 11.9. The van der Waals surface area contributed by atoms with Crippen LogP contribution in [0.25, 0.3) is 0 Å². The fourth-order valence-corrected chi connectivity index (χ4v) is 6.34. The number of methoxy groups -OCH3 is 3. The lowest BCUT2D eigenvalue weighted by Crippen LogP contribution is -2.32. The van der Waals surface area contributed by atoms with Crippen LogP contribution < -0.4 is 18.9 Å². The predicted octanol–water partition coefficient (Wildman–Crippen LogP) is 9.92. The van der Waals surface area contributed by atoms with E-state index >= 15 is 0 Å². The Morgan fingerprint density at radius 3 is 1.73 bits per heavy atom. The zero-order valence-corrected chi connectivity index (χ0v) is 30.8. The Balaban J connectivity index is 1.21. The molecule has 0 fully saturated rings. The topological polar surface area (TPSA) is 72.5 Å². The molecule has 0 radical (unpaired) electrons. The minimum Gasteiger partial charge on any atom is -0.497 e. The molecule has 0 aliphatic rings. The third-order valence-corrected chi connectivity index (χ3v) is 9.47. The number of esters is 1. The average Bonchev–Trinajstić information content (AvgIpc) is 3.21. The first-order chi connectivity index (χ1) is 25.4. The van der Waals surface area contributed by atoms with Gasteiger partial charge in [-0.15, -0.1) is 0 Å². The van der Waals surface area contributed by atoms with Gasteiger partial charge in [-0.25, -0.2) is 4.79 Å². The maximum Gasteiger partial charge on any atom is 0.337 e. The van der Waals surface area contributed by atoms with Gasteiger partial charge in [-0.05, 0) is 94.5 Å². The molecule has 0 aromatic heterocycles. The van der Waals surface area contributed by atoms with Gasteiger partial charge in [0, 0.05) is 10.0 Å². The van der Waals surface area contributed by atoms with Crippen LogP contribution in [-0.4, -0.2) is 27.3 Å². The van der Waals surface area contributed by atoms with E-state index in [4.69, 9.17) is 28.4 Å².